The number of carbonyl (C=O) groups excluding carboxylic acids is 1. The van der Waals surface area contributed by atoms with Crippen molar-refractivity contribution in [3.05, 3.63) is 18.2 Å². The van der Waals surface area contributed by atoms with Gasteiger partial charge in [0.25, 0.3) is 0 Å². The van der Waals surface area contributed by atoms with Gasteiger partial charge in [-0.3, -0.25) is 4.79 Å². The van der Waals surface area contributed by atoms with Gasteiger partial charge in [0.15, 0.2) is 0 Å². The van der Waals surface area contributed by atoms with Crippen LogP contribution in [0.4, 0.5) is 0 Å². The predicted octanol–water partition coefficient (Wildman–Crippen LogP) is 1.71. The van der Waals surface area contributed by atoms with Crippen molar-refractivity contribution in [2.45, 2.75) is 31.1 Å². The number of fused-ring (bicyclic) bond motifs is 1. The van der Waals surface area contributed by atoms with E-state index in [0.29, 0.717) is 43.6 Å². The lowest BCUT2D eigenvalue weighted by atomic mass is 10.1. The number of rotatable bonds is 3. The average molecular weight is 380 g/mol. The Hall–Kier alpha value is -1.58. The van der Waals surface area contributed by atoms with E-state index in [2.05, 4.69) is 8.75 Å². The molecule has 134 valence electrons. The van der Waals surface area contributed by atoms with E-state index in [1.54, 1.807) is 18.2 Å². The van der Waals surface area contributed by atoms with Gasteiger partial charge < -0.3 is 4.90 Å². The molecule has 1 saturated carbocycles. The van der Waals surface area contributed by atoms with Gasteiger partial charge in [0, 0.05) is 31.6 Å². The summed E-state index contributed by atoms with van der Waals surface area (Å²) in [6.07, 6.45) is 2.51. The Morgan fingerprint density at radius 3 is 2.72 bits per heavy atom. The minimum absolute atomic E-state index is 0.164. The van der Waals surface area contributed by atoms with Gasteiger partial charge in [-0.05, 0) is 31.4 Å². The highest BCUT2D eigenvalue weighted by molar-refractivity contribution is 7.89. The fourth-order valence-electron chi connectivity index (χ4n) is 3.25. The van der Waals surface area contributed by atoms with Crippen molar-refractivity contribution >= 4 is 38.7 Å². The second kappa shape index (κ2) is 6.00. The van der Waals surface area contributed by atoms with Crippen molar-refractivity contribution in [1.29, 1.82) is 0 Å². The molecule has 7 nitrogen and oxygen atoms in total. The highest BCUT2D eigenvalue weighted by Gasteiger charge is 2.47. The Balaban J connectivity index is 1.57. The molecule has 0 spiro atoms. The zero-order valence-electron chi connectivity index (χ0n) is 14.0. The summed E-state index contributed by atoms with van der Waals surface area (Å²) < 4.78 is 35.9. The molecule has 0 atom stereocenters. The molecule has 1 amide bonds. The van der Waals surface area contributed by atoms with Crippen LogP contribution in [-0.4, -0.2) is 58.5 Å². The van der Waals surface area contributed by atoms with Crippen molar-refractivity contribution < 1.29 is 13.2 Å². The summed E-state index contributed by atoms with van der Waals surface area (Å²) in [6, 6.07) is 5.04. The van der Waals surface area contributed by atoms with E-state index in [-0.39, 0.29) is 16.2 Å². The van der Waals surface area contributed by atoms with E-state index in [4.69, 9.17) is 0 Å². The third-order valence-corrected chi connectivity index (χ3v) is 7.60. The molecule has 9 heteroatoms. The Kier molecular flexibility index (Phi) is 4.04. The van der Waals surface area contributed by atoms with Gasteiger partial charge in [-0.25, -0.2) is 8.42 Å². The topological polar surface area (TPSA) is 83.5 Å². The Labute approximate surface area is 151 Å². The Bertz CT molecular complexity index is 920. The number of aromatic nitrogens is 2. The molecule has 1 aliphatic carbocycles. The molecule has 2 heterocycles. The quantitative estimate of drug-likeness (QED) is 0.809. The molecule has 2 aliphatic rings. The molecule has 4 rings (SSSR count). The molecule has 1 aromatic carbocycles. The van der Waals surface area contributed by atoms with Crippen LogP contribution >= 0.6 is 11.7 Å². The summed E-state index contributed by atoms with van der Waals surface area (Å²) in [6.45, 7) is 3.78. The number of carbonyl (C=O) groups is 1. The highest BCUT2D eigenvalue weighted by atomic mass is 32.2. The molecular weight excluding hydrogens is 360 g/mol. The van der Waals surface area contributed by atoms with Gasteiger partial charge in [0.2, 0.25) is 15.9 Å². The fourth-order valence-corrected chi connectivity index (χ4v) is 5.47. The first-order valence-corrected chi connectivity index (χ1v) is 10.6. The number of benzene rings is 1. The van der Waals surface area contributed by atoms with Gasteiger partial charge in [0.05, 0.1) is 11.7 Å². The van der Waals surface area contributed by atoms with Crippen LogP contribution in [-0.2, 0) is 14.8 Å². The minimum Gasteiger partial charge on any atom is -0.341 e. The Morgan fingerprint density at radius 2 is 1.96 bits per heavy atom. The van der Waals surface area contributed by atoms with E-state index in [1.807, 2.05) is 11.8 Å². The van der Waals surface area contributed by atoms with Gasteiger partial charge in [-0.15, -0.1) is 0 Å². The fraction of sp³-hybridized carbons (Fsp3) is 0.562. The number of sulfonamides is 1. The molecule has 0 radical (unpaired) electrons. The third kappa shape index (κ3) is 2.94. The van der Waals surface area contributed by atoms with Crippen LogP contribution in [0.3, 0.4) is 0 Å². The maximum Gasteiger partial charge on any atom is 0.245 e. The van der Waals surface area contributed by atoms with Gasteiger partial charge in [-0.2, -0.15) is 13.1 Å². The maximum atomic E-state index is 13.1. The molecule has 0 unspecified atom stereocenters. The first-order valence-electron chi connectivity index (χ1n) is 8.43. The van der Waals surface area contributed by atoms with Crippen LogP contribution in [0.5, 0.6) is 0 Å². The monoisotopic (exact) mass is 380 g/mol. The summed E-state index contributed by atoms with van der Waals surface area (Å²) in [5.74, 6) is 0.164. The van der Waals surface area contributed by atoms with Crippen LogP contribution in [0.2, 0.25) is 0 Å². The van der Waals surface area contributed by atoms with E-state index < -0.39 is 10.0 Å². The molecule has 0 bridgehead atoms. The van der Waals surface area contributed by atoms with Crippen molar-refractivity contribution in [3.63, 3.8) is 0 Å². The molecular formula is C16H20N4O3S2. The second-order valence-corrected chi connectivity index (χ2v) is 9.43. The zero-order chi connectivity index (χ0) is 17.7. The lowest BCUT2D eigenvalue weighted by Crippen LogP contribution is -2.40. The first kappa shape index (κ1) is 16.9. The van der Waals surface area contributed by atoms with E-state index >= 15 is 0 Å². The van der Waals surface area contributed by atoms with Crippen LogP contribution in [0.1, 0.15) is 26.2 Å². The summed E-state index contributed by atoms with van der Waals surface area (Å²) in [4.78, 5) is 14.6. The molecule has 0 N–H and O–H groups in total. The van der Waals surface area contributed by atoms with Crippen LogP contribution in [0, 0.1) is 5.41 Å². The highest BCUT2D eigenvalue weighted by Crippen LogP contribution is 2.46. The zero-order valence-corrected chi connectivity index (χ0v) is 15.6. The summed E-state index contributed by atoms with van der Waals surface area (Å²) in [5.41, 5.74) is 0.806. The molecule has 2 fully saturated rings. The molecule has 1 aromatic heterocycles. The number of hydrogen-bond acceptors (Lipinski definition) is 6. The number of amides is 1. The van der Waals surface area contributed by atoms with Crippen LogP contribution in [0.25, 0.3) is 11.0 Å². The van der Waals surface area contributed by atoms with Gasteiger partial charge in [0.1, 0.15) is 15.9 Å². The van der Waals surface area contributed by atoms with Crippen molar-refractivity contribution in [2.75, 3.05) is 26.2 Å². The van der Waals surface area contributed by atoms with Crippen molar-refractivity contribution in [1.82, 2.24) is 18.0 Å². The third-order valence-electron chi connectivity index (χ3n) is 5.13. The van der Waals surface area contributed by atoms with Crippen LogP contribution in [0.15, 0.2) is 23.1 Å². The molecule has 25 heavy (non-hydrogen) atoms. The van der Waals surface area contributed by atoms with E-state index in [0.717, 1.165) is 24.6 Å². The lowest BCUT2D eigenvalue weighted by molar-refractivity contribution is -0.136. The summed E-state index contributed by atoms with van der Waals surface area (Å²) in [5, 5.41) is 0. The normalized spacial score (nSPS) is 21.2. The van der Waals surface area contributed by atoms with Crippen LogP contribution < -0.4 is 0 Å². The molecule has 2 aromatic rings. The van der Waals surface area contributed by atoms with Gasteiger partial charge in [-0.1, -0.05) is 13.0 Å². The van der Waals surface area contributed by atoms with Crippen molar-refractivity contribution in [3.8, 4) is 0 Å². The number of nitrogens with zero attached hydrogens (tertiary/aromatic N) is 4. The average Bonchev–Trinajstić information content (AvgIpc) is 3.25. The Morgan fingerprint density at radius 1 is 1.16 bits per heavy atom. The lowest BCUT2D eigenvalue weighted by Gasteiger charge is -2.24. The first-order chi connectivity index (χ1) is 11.9. The van der Waals surface area contributed by atoms with E-state index in [9.17, 15) is 13.2 Å². The molecule has 1 aliphatic heterocycles. The maximum absolute atomic E-state index is 13.1. The van der Waals surface area contributed by atoms with E-state index in [1.165, 1.54) is 4.31 Å². The number of hydrogen-bond donors (Lipinski definition) is 0. The summed E-state index contributed by atoms with van der Waals surface area (Å²) in [7, 11) is -3.65. The molecule has 1 saturated heterocycles. The minimum atomic E-state index is -3.65. The van der Waals surface area contributed by atoms with Gasteiger partial charge >= 0.3 is 0 Å². The SMILES string of the molecule is CC1(C(=O)N2CCCN(S(=O)(=O)c3cccc4nsnc34)CC2)CC1. The standard InChI is InChI=1S/C16H20N4O3S2/c1-16(6-7-16)15(21)19-8-3-9-20(11-10-19)25(22,23)13-5-2-4-12-14(13)18-24-17-12/h2,4-5H,3,6-11H2,1H3. The largest absolute Gasteiger partial charge is 0.341 e. The summed E-state index contributed by atoms with van der Waals surface area (Å²) >= 11 is 1.01. The van der Waals surface area contributed by atoms with Crippen molar-refractivity contribution in [2.24, 2.45) is 5.41 Å². The predicted molar refractivity (Wildman–Crippen MR) is 94.7 cm³/mol. The smallest absolute Gasteiger partial charge is 0.245 e. The second-order valence-electron chi connectivity index (χ2n) is 7.00.